The topological polar surface area (TPSA) is 107 Å². The van der Waals surface area contributed by atoms with E-state index in [9.17, 15) is 9.18 Å². The minimum atomic E-state index is -0.978. The fourth-order valence-corrected chi connectivity index (χ4v) is 4.17. The molecular formula is C23H22F2N4O5. The molecule has 1 aromatic carbocycles. The van der Waals surface area contributed by atoms with Crippen LogP contribution in [0.3, 0.4) is 0 Å². The van der Waals surface area contributed by atoms with Crippen LogP contribution in [0.2, 0.25) is 0 Å². The van der Waals surface area contributed by atoms with Crippen molar-refractivity contribution in [2.45, 2.75) is 31.5 Å². The zero-order valence-corrected chi connectivity index (χ0v) is 18.4. The van der Waals surface area contributed by atoms with Crippen LogP contribution >= 0.6 is 0 Å². The van der Waals surface area contributed by atoms with Gasteiger partial charge in [0.15, 0.2) is 11.6 Å². The fourth-order valence-electron chi connectivity index (χ4n) is 4.17. The summed E-state index contributed by atoms with van der Waals surface area (Å²) in [6.45, 7) is 3.29. The van der Waals surface area contributed by atoms with E-state index in [1.807, 2.05) is 13.0 Å². The van der Waals surface area contributed by atoms with Gasteiger partial charge in [-0.2, -0.15) is 19.6 Å². The van der Waals surface area contributed by atoms with Gasteiger partial charge in [-0.3, -0.25) is 0 Å². The van der Waals surface area contributed by atoms with Crippen molar-refractivity contribution in [1.29, 1.82) is 5.26 Å². The highest BCUT2D eigenvalue weighted by Gasteiger charge is 2.47. The number of hydrogen-bond donors (Lipinski definition) is 0. The van der Waals surface area contributed by atoms with E-state index in [4.69, 9.17) is 24.2 Å². The Morgan fingerprint density at radius 2 is 1.91 bits per heavy atom. The van der Waals surface area contributed by atoms with Crippen LogP contribution in [-0.2, 0) is 9.47 Å². The van der Waals surface area contributed by atoms with E-state index in [0.717, 1.165) is 25.2 Å². The molecule has 3 aliphatic rings. The quantitative estimate of drug-likeness (QED) is 0.652. The molecule has 34 heavy (non-hydrogen) atoms. The maximum Gasteiger partial charge on any atom is 0.410 e. The number of rotatable bonds is 5. The second-order valence-corrected chi connectivity index (χ2v) is 9.02. The number of ether oxygens (including phenoxy) is 4. The van der Waals surface area contributed by atoms with Crippen molar-refractivity contribution in [3.05, 3.63) is 41.7 Å². The first kappa shape index (κ1) is 22.3. The number of nitriles is 1. The van der Waals surface area contributed by atoms with Crippen LogP contribution in [0.1, 0.15) is 25.3 Å². The zero-order chi connectivity index (χ0) is 23.9. The molecule has 2 aromatic rings. The van der Waals surface area contributed by atoms with Gasteiger partial charge in [0, 0.05) is 24.9 Å². The van der Waals surface area contributed by atoms with E-state index in [1.54, 1.807) is 4.90 Å². The molecule has 2 aliphatic heterocycles. The normalized spacial score (nSPS) is 24.6. The summed E-state index contributed by atoms with van der Waals surface area (Å²) in [6.07, 6.45) is 1.97. The van der Waals surface area contributed by atoms with Crippen LogP contribution in [0, 0.1) is 34.8 Å². The third-order valence-electron chi connectivity index (χ3n) is 6.29. The monoisotopic (exact) mass is 472 g/mol. The number of likely N-dealkylation sites (tertiary alicyclic amines) is 1. The lowest BCUT2D eigenvalue weighted by molar-refractivity contribution is -0.112. The predicted molar refractivity (Wildman–Crippen MR) is 111 cm³/mol. The largest absolute Gasteiger partial charge is 0.471 e. The number of aromatic nitrogens is 2. The number of amides is 1. The number of nitrogens with zero attached hydrogens (tertiary/aromatic N) is 4. The highest BCUT2D eigenvalue weighted by molar-refractivity contribution is 5.68. The highest BCUT2D eigenvalue weighted by Crippen LogP contribution is 2.40. The SMILES string of the molecule is CC1(OC(=O)N2CC3COCC(C2)C3Oc2ncnc(Oc3ccc(C#N)cc3F)c2F)CC1. The molecule has 2 bridgehead atoms. The summed E-state index contributed by atoms with van der Waals surface area (Å²) < 4.78 is 51.7. The Bertz CT molecular complexity index is 1140. The number of halogens is 2. The Morgan fingerprint density at radius 1 is 1.21 bits per heavy atom. The molecule has 11 heteroatoms. The maximum absolute atomic E-state index is 15.1. The van der Waals surface area contributed by atoms with Gasteiger partial charge in [-0.25, -0.2) is 9.18 Å². The summed E-state index contributed by atoms with van der Waals surface area (Å²) in [7, 11) is 0. The van der Waals surface area contributed by atoms with E-state index < -0.39 is 23.6 Å². The van der Waals surface area contributed by atoms with Crippen LogP contribution in [0.25, 0.3) is 0 Å². The molecule has 0 N–H and O–H groups in total. The highest BCUT2D eigenvalue weighted by atomic mass is 19.1. The average Bonchev–Trinajstić information content (AvgIpc) is 3.53. The lowest BCUT2D eigenvalue weighted by Crippen LogP contribution is -2.59. The maximum atomic E-state index is 15.1. The lowest BCUT2D eigenvalue weighted by atomic mass is 9.84. The van der Waals surface area contributed by atoms with Gasteiger partial charge in [-0.15, -0.1) is 0 Å². The first-order chi connectivity index (χ1) is 16.3. The number of hydrogen-bond acceptors (Lipinski definition) is 8. The van der Waals surface area contributed by atoms with Crippen LogP contribution in [-0.4, -0.2) is 59.0 Å². The second-order valence-electron chi connectivity index (χ2n) is 9.02. The Kier molecular flexibility index (Phi) is 5.69. The van der Waals surface area contributed by atoms with Crippen LogP contribution in [0.15, 0.2) is 24.5 Å². The van der Waals surface area contributed by atoms with E-state index >= 15 is 4.39 Å². The molecular weight excluding hydrogens is 450 g/mol. The summed E-state index contributed by atoms with van der Waals surface area (Å²) in [5.41, 5.74) is -0.266. The van der Waals surface area contributed by atoms with Gasteiger partial charge < -0.3 is 23.8 Å². The number of fused-ring (bicyclic) bond motifs is 2. The lowest BCUT2D eigenvalue weighted by Gasteiger charge is -2.45. The van der Waals surface area contributed by atoms with Crippen molar-refractivity contribution >= 4 is 6.09 Å². The second kappa shape index (κ2) is 8.68. The van der Waals surface area contributed by atoms with Gasteiger partial charge in [-0.1, -0.05) is 0 Å². The summed E-state index contributed by atoms with van der Waals surface area (Å²) in [5.74, 6) is -3.34. The van der Waals surface area contributed by atoms with E-state index in [2.05, 4.69) is 9.97 Å². The van der Waals surface area contributed by atoms with Crippen molar-refractivity contribution in [3.8, 4) is 23.6 Å². The van der Waals surface area contributed by atoms with Crippen molar-refractivity contribution in [2.24, 2.45) is 11.8 Å². The van der Waals surface area contributed by atoms with Gasteiger partial charge in [-0.05, 0) is 38.0 Å². The van der Waals surface area contributed by atoms with Gasteiger partial charge in [0.1, 0.15) is 18.0 Å². The van der Waals surface area contributed by atoms with Crippen LogP contribution in [0.5, 0.6) is 17.5 Å². The number of carbonyl (C=O) groups is 1. The van der Waals surface area contributed by atoms with Gasteiger partial charge in [0.2, 0.25) is 5.82 Å². The van der Waals surface area contributed by atoms with Crippen molar-refractivity contribution < 1.29 is 32.5 Å². The number of piperidine rings is 1. The minimum Gasteiger partial charge on any atom is -0.471 e. The van der Waals surface area contributed by atoms with Gasteiger partial charge in [0.05, 0.1) is 24.8 Å². The third-order valence-corrected chi connectivity index (χ3v) is 6.29. The third kappa shape index (κ3) is 4.46. The first-order valence-corrected chi connectivity index (χ1v) is 11.0. The molecule has 1 amide bonds. The van der Waals surface area contributed by atoms with Crippen molar-refractivity contribution in [1.82, 2.24) is 14.9 Å². The number of benzene rings is 1. The molecule has 9 nitrogen and oxygen atoms in total. The molecule has 2 unspecified atom stereocenters. The molecule has 2 saturated heterocycles. The summed E-state index contributed by atoms with van der Waals surface area (Å²) in [6, 6.07) is 5.35. The molecule has 2 atom stereocenters. The molecule has 1 aromatic heterocycles. The zero-order valence-electron chi connectivity index (χ0n) is 18.4. The molecule has 5 rings (SSSR count). The Hall–Kier alpha value is -3.52. The van der Waals surface area contributed by atoms with Crippen LogP contribution in [0.4, 0.5) is 13.6 Å². The van der Waals surface area contributed by atoms with Crippen LogP contribution < -0.4 is 9.47 Å². The molecule has 3 fully saturated rings. The summed E-state index contributed by atoms with van der Waals surface area (Å²) >= 11 is 0. The molecule has 1 aliphatic carbocycles. The van der Waals surface area contributed by atoms with Gasteiger partial charge in [0.25, 0.3) is 11.8 Å². The Labute approximate surface area is 194 Å². The molecule has 1 saturated carbocycles. The molecule has 178 valence electrons. The average molecular weight is 472 g/mol. The Morgan fingerprint density at radius 3 is 2.56 bits per heavy atom. The molecule has 0 radical (unpaired) electrons. The fraction of sp³-hybridized carbons (Fsp3) is 0.478. The standard InChI is InChI=1S/C23H22F2N4O5/c1-23(4-5-23)34-22(30)29-8-14-10-31-11-15(9-29)19(14)33-21-18(25)20(27-12-28-21)32-17-3-2-13(7-26)6-16(17)24/h2-3,6,12,14-15,19H,4-5,8-11H2,1H3. The van der Waals surface area contributed by atoms with Gasteiger partial charge >= 0.3 is 6.09 Å². The first-order valence-electron chi connectivity index (χ1n) is 11.0. The van der Waals surface area contributed by atoms with E-state index in [0.29, 0.717) is 26.3 Å². The summed E-state index contributed by atoms with van der Waals surface area (Å²) in [4.78, 5) is 21.9. The predicted octanol–water partition coefficient (Wildman–Crippen LogP) is 3.43. The Balaban J connectivity index is 1.30. The van der Waals surface area contributed by atoms with E-state index in [1.165, 1.54) is 12.1 Å². The minimum absolute atomic E-state index is 0.104. The summed E-state index contributed by atoms with van der Waals surface area (Å²) in [5, 5.41) is 8.85. The van der Waals surface area contributed by atoms with Crippen molar-refractivity contribution in [2.75, 3.05) is 26.3 Å². The van der Waals surface area contributed by atoms with Crippen molar-refractivity contribution in [3.63, 3.8) is 0 Å². The molecule has 0 spiro atoms. The smallest absolute Gasteiger partial charge is 0.410 e. The van der Waals surface area contributed by atoms with E-state index in [-0.39, 0.29) is 40.7 Å². The molecule has 3 heterocycles. The number of carbonyl (C=O) groups excluding carboxylic acids is 1.